The molecule has 174 valence electrons. The fraction of sp³-hybridized carbons (Fsp3) is 0.261. The number of amides is 3. The van der Waals surface area contributed by atoms with E-state index in [0.29, 0.717) is 28.0 Å². The van der Waals surface area contributed by atoms with Crippen molar-refractivity contribution in [2.45, 2.75) is 31.2 Å². The van der Waals surface area contributed by atoms with Crippen molar-refractivity contribution in [3.8, 4) is 11.3 Å². The van der Waals surface area contributed by atoms with Crippen LogP contribution in [0.3, 0.4) is 0 Å². The van der Waals surface area contributed by atoms with Crippen molar-refractivity contribution in [3.05, 3.63) is 65.3 Å². The standard InChI is InChI=1S/C23H21N5O5S/c29-19(25-16-5-6-16)14-3-1-13(2-4-14)17-12-34-22(26-17)27-20(30)18-11-33-21(28(18)23(31)32)15-7-9-24-10-8-15/h1-4,7-10,12,16,18,21H,5-6,11H2,(H,25,29)(H,31,32)(H,26,27,30). The number of aromatic nitrogens is 2. The number of carbonyl (C=O) groups is 3. The molecule has 2 unspecified atom stereocenters. The Hall–Kier alpha value is -3.83. The van der Waals surface area contributed by atoms with Crippen LogP contribution in [-0.2, 0) is 9.53 Å². The highest BCUT2D eigenvalue weighted by Gasteiger charge is 2.43. The molecule has 2 atom stereocenters. The van der Waals surface area contributed by atoms with Crippen molar-refractivity contribution in [2.75, 3.05) is 11.9 Å². The number of hydrogen-bond donors (Lipinski definition) is 3. The topological polar surface area (TPSA) is 134 Å². The number of ether oxygens (including phenoxy) is 1. The molecule has 5 rings (SSSR count). The van der Waals surface area contributed by atoms with Gasteiger partial charge < -0.3 is 20.5 Å². The second-order valence-corrected chi connectivity index (χ2v) is 8.88. The van der Waals surface area contributed by atoms with Gasteiger partial charge in [0.1, 0.15) is 6.04 Å². The minimum atomic E-state index is -1.26. The van der Waals surface area contributed by atoms with Crippen molar-refractivity contribution >= 4 is 34.4 Å². The van der Waals surface area contributed by atoms with E-state index < -0.39 is 24.3 Å². The van der Waals surface area contributed by atoms with Crippen LogP contribution in [0.25, 0.3) is 11.3 Å². The lowest BCUT2D eigenvalue weighted by atomic mass is 10.1. The molecule has 2 fully saturated rings. The number of anilines is 1. The second-order valence-electron chi connectivity index (χ2n) is 8.02. The zero-order valence-corrected chi connectivity index (χ0v) is 18.7. The predicted molar refractivity (Wildman–Crippen MR) is 123 cm³/mol. The van der Waals surface area contributed by atoms with Gasteiger partial charge in [-0.1, -0.05) is 12.1 Å². The number of carboxylic acid groups (broad SMARTS) is 1. The highest BCUT2D eigenvalue weighted by molar-refractivity contribution is 7.14. The average molecular weight is 480 g/mol. The van der Waals surface area contributed by atoms with Crippen molar-refractivity contribution in [2.24, 2.45) is 0 Å². The number of nitrogens with one attached hydrogen (secondary N) is 2. The third-order valence-corrected chi connectivity index (χ3v) is 6.36. The largest absolute Gasteiger partial charge is 0.465 e. The summed E-state index contributed by atoms with van der Waals surface area (Å²) in [6.07, 6.45) is 2.98. The summed E-state index contributed by atoms with van der Waals surface area (Å²) in [7, 11) is 0. The number of pyridine rings is 1. The highest BCUT2D eigenvalue weighted by Crippen LogP contribution is 2.32. The van der Waals surface area contributed by atoms with E-state index in [-0.39, 0.29) is 12.5 Å². The summed E-state index contributed by atoms with van der Waals surface area (Å²) in [6, 6.07) is 9.65. The molecule has 1 aliphatic heterocycles. The van der Waals surface area contributed by atoms with Crippen LogP contribution in [-0.4, -0.2) is 56.6 Å². The van der Waals surface area contributed by atoms with Crippen molar-refractivity contribution in [1.29, 1.82) is 0 Å². The van der Waals surface area contributed by atoms with Crippen molar-refractivity contribution in [1.82, 2.24) is 20.2 Å². The van der Waals surface area contributed by atoms with Gasteiger partial charge in [0.15, 0.2) is 11.4 Å². The van der Waals surface area contributed by atoms with Gasteiger partial charge in [0.25, 0.3) is 11.8 Å². The number of nitrogens with zero attached hydrogens (tertiary/aromatic N) is 3. The summed E-state index contributed by atoms with van der Waals surface area (Å²) in [5.41, 5.74) is 2.62. The summed E-state index contributed by atoms with van der Waals surface area (Å²) in [6.45, 7) is -0.0757. The fourth-order valence-electron chi connectivity index (χ4n) is 3.67. The number of hydrogen-bond acceptors (Lipinski definition) is 7. The molecule has 2 aromatic heterocycles. The third kappa shape index (κ3) is 4.61. The first kappa shape index (κ1) is 22.0. The zero-order chi connectivity index (χ0) is 23.7. The normalized spacial score (nSPS) is 19.6. The maximum absolute atomic E-state index is 12.9. The molecule has 34 heavy (non-hydrogen) atoms. The summed E-state index contributed by atoms with van der Waals surface area (Å²) >= 11 is 1.23. The van der Waals surface area contributed by atoms with E-state index in [1.165, 1.54) is 23.7 Å². The Bertz CT molecular complexity index is 1210. The molecule has 3 heterocycles. The van der Waals surface area contributed by atoms with Gasteiger partial charge >= 0.3 is 6.09 Å². The van der Waals surface area contributed by atoms with E-state index in [4.69, 9.17) is 4.74 Å². The van der Waals surface area contributed by atoms with Crippen LogP contribution in [0.4, 0.5) is 9.93 Å². The molecule has 3 N–H and O–H groups in total. The molecular weight excluding hydrogens is 458 g/mol. The second kappa shape index (κ2) is 9.20. The monoisotopic (exact) mass is 479 g/mol. The lowest BCUT2D eigenvalue weighted by molar-refractivity contribution is -0.119. The third-order valence-electron chi connectivity index (χ3n) is 5.60. The lowest BCUT2D eigenvalue weighted by Crippen LogP contribution is -2.44. The van der Waals surface area contributed by atoms with Crippen molar-refractivity contribution < 1.29 is 24.2 Å². The Kier molecular flexibility index (Phi) is 5.95. The molecule has 1 aromatic carbocycles. The van der Waals surface area contributed by atoms with Crippen LogP contribution in [0, 0.1) is 0 Å². The van der Waals surface area contributed by atoms with E-state index in [0.717, 1.165) is 23.3 Å². The average Bonchev–Trinajstić information content (AvgIpc) is 3.35. The Morgan fingerprint density at radius 2 is 1.82 bits per heavy atom. The minimum absolute atomic E-state index is 0.0757. The molecule has 0 spiro atoms. The molecule has 3 aromatic rings. The maximum Gasteiger partial charge on any atom is 0.410 e. The zero-order valence-electron chi connectivity index (χ0n) is 17.9. The van der Waals surface area contributed by atoms with Crippen LogP contribution in [0.2, 0.25) is 0 Å². The molecule has 10 nitrogen and oxygen atoms in total. The van der Waals surface area contributed by atoms with Crippen molar-refractivity contribution in [3.63, 3.8) is 0 Å². The minimum Gasteiger partial charge on any atom is -0.465 e. The molecule has 3 amide bonds. The van der Waals surface area contributed by atoms with Gasteiger partial charge in [0.05, 0.1) is 12.3 Å². The van der Waals surface area contributed by atoms with E-state index in [2.05, 4.69) is 20.6 Å². The fourth-order valence-corrected chi connectivity index (χ4v) is 4.39. The number of thiazole rings is 1. The maximum atomic E-state index is 12.9. The summed E-state index contributed by atoms with van der Waals surface area (Å²) < 4.78 is 5.62. The van der Waals surface area contributed by atoms with Crippen LogP contribution in [0.5, 0.6) is 0 Å². The molecule has 2 aliphatic rings. The first-order chi connectivity index (χ1) is 16.5. The van der Waals surface area contributed by atoms with E-state index in [1.807, 2.05) is 0 Å². The van der Waals surface area contributed by atoms with Crippen LogP contribution in [0.1, 0.15) is 35.0 Å². The smallest absolute Gasteiger partial charge is 0.410 e. The van der Waals surface area contributed by atoms with Gasteiger partial charge in [-0.15, -0.1) is 11.3 Å². The van der Waals surface area contributed by atoms with E-state index >= 15 is 0 Å². The Morgan fingerprint density at radius 1 is 1.09 bits per heavy atom. The van der Waals surface area contributed by atoms with Crippen LogP contribution >= 0.6 is 11.3 Å². The van der Waals surface area contributed by atoms with E-state index in [9.17, 15) is 19.5 Å². The molecule has 1 saturated heterocycles. The van der Waals surface area contributed by atoms with E-state index in [1.54, 1.807) is 41.8 Å². The first-order valence-corrected chi connectivity index (χ1v) is 11.6. The van der Waals surface area contributed by atoms with Gasteiger partial charge in [0.2, 0.25) is 0 Å². The molecule has 0 radical (unpaired) electrons. The predicted octanol–water partition coefficient (Wildman–Crippen LogP) is 3.11. The van der Waals surface area contributed by atoms with Crippen LogP contribution < -0.4 is 10.6 Å². The molecule has 0 bridgehead atoms. The van der Waals surface area contributed by atoms with Gasteiger partial charge in [-0.3, -0.25) is 19.5 Å². The SMILES string of the molecule is O=C(NC1CC1)c1ccc(-c2csc(NC(=O)C3COC(c4ccncc4)N3C(=O)O)n2)cc1. The molecule has 11 heteroatoms. The van der Waals surface area contributed by atoms with Gasteiger partial charge in [-0.2, -0.15) is 0 Å². The summed E-state index contributed by atoms with van der Waals surface area (Å²) in [5, 5.41) is 17.5. The summed E-state index contributed by atoms with van der Waals surface area (Å²) in [5.74, 6) is -0.612. The summed E-state index contributed by atoms with van der Waals surface area (Å²) in [4.78, 5) is 46.3. The molecule has 1 aliphatic carbocycles. The lowest BCUT2D eigenvalue weighted by Gasteiger charge is -2.24. The van der Waals surface area contributed by atoms with Gasteiger partial charge in [-0.25, -0.2) is 9.78 Å². The number of benzene rings is 1. The molecular formula is C23H21N5O5S. The van der Waals surface area contributed by atoms with Gasteiger partial charge in [0, 0.05) is 40.5 Å². The van der Waals surface area contributed by atoms with Crippen LogP contribution in [0.15, 0.2) is 54.2 Å². The Labute approximate surface area is 198 Å². The molecule has 1 saturated carbocycles. The van der Waals surface area contributed by atoms with Gasteiger partial charge in [-0.05, 0) is 37.1 Å². The number of carbonyl (C=O) groups excluding carboxylic acids is 2. The quantitative estimate of drug-likeness (QED) is 0.495. The highest BCUT2D eigenvalue weighted by atomic mass is 32.1. The first-order valence-electron chi connectivity index (χ1n) is 10.7. The Morgan fingerprint density at radius 3 is 2.50 bits per heavy atom. The number of rotatable bonds is 6. The Balaban J connectivity index is 1.25.